The van der Waals surface area contributed by atoms with Crippen LogP contribution in [0.1, 0.15) is 12.6 Å². The molecule has 0 fully saturated rings. The molecule has 0 saturated heterocycles. The third-order valence-corrected chi connectivity index (χ3v) is 2.12. The van der Waals surface area contributed by atoms with E-state index in [4.69, 9.17) is 5.73 Å². The highest BCUT2D eigenvalue weighted by Crippen LogP contribution is 2.16. The van der Waals surface area contributed by atoms with E-state index in [2.05, 4.69) is 22.3 Å². The van der Waals surface area contributed by atoms with Crippen LogP contribution < -0.4 is 11.1 Å². The minimum Gasteiger partial charge on any atom is -0.384 e. The summed E-state index contributed by atoms with van der Waals surface area (Å²) in [5.74, 6) is 0.307. The summed E-state index contributed by atoms with van der Waals surface area (Å²) in [4.78, 5) is 4.08. The Morgan fingerprint density at radius 1 is 1.50 bits per heavy atom. The highest BCUT2D eigenvalue weighted by molar-refractivity contribution is 5.55. The lowest BCUT2D eigenvalue weighted by Crippen LogP contribution is -2.03. The van der Waals surface area contributed by atoms with Crippen molar-refractivity contribution in [1.29, 1.82) is 0 Å². The van der Waals surface area contributed by atoms with E-state index in [0.29, 0.717) is 5.95 Å². The number of anilines is 2. The van der Waals surface area contributed by atoms with Crippen LogP contribution in [0.15, 0.2) is 12.1 Å². The lowest BCUT2D eigenvalue weighted by molar-refractivity contribution is 0.918. The molecule has 0 saturated carbocycles. The quantitative estimate of drug-likeness (QED) is 0.744. The molecule has 3 N–H and O–H groups in total. The summed E-state index contributed by atoms with van der Waals surface area (Å²) >= 11 is 0. The smallest absolute Gasteiger partial charge is 0.240 e. The molecule has 0 aliphatic rings. The van der Waals surface area contributed by atoms with Gasteiger partial charge in [0.15, 0.2) is 5.65 Å². The number of rotatable bonds is 2. The van der Waals surface area contributed by atoms with E-state index in [-0.39, 0.29) is 0 Å². The summed E-state index contributed by atoms with van der Waals surface area (Å²) in [6.45, 7) is 4.93. The summed E-state index contributed by atoms with van der Waals surface area (Å²) in [5, 5.41) is 7.35. The molecule has 0 spiro atoms. The van der Waals surface area contributed by atoms with Gasteiger partial charge in [-0.2, -0.15) is 4.98 Å². The van der Waals surface area contributed by atoms with Crippen LogP contribution in [0.2, 0.25) is 0 Å². The second kappa shape index (κ2) is 3.17. The van der Waals surface area contributed by atoms with Crippen LogP contribution in [0.4, 0.5) is 11.6 Å². The largest absolute Gasteiger partial charge is 0.384 e. The van der Waals surface area contributed by atoms with E-state index in [1.807, 2.05) is 19.1 Å². The Labute approximate surface area is 81.9 Å². The fourth-order valence-corrected chi connectivity index (χ4v) is 1.47. The number of fused-ring (bicyclic) bond motifs is 1. The van der Waals surface area contributed by atoms with E-state index >= 15 is 0 Å². The Hall–Kier alpha value is -1.78. The van der Waals surface area contributed by atoms with E-state index in [0.717, 1.165) is 23.6 Å². The van der Waals surface area contributed by atoms with Crippen LogP contribution in [0, 0.1) is 6.92 Å². The Bertz CT molecular complexity index is 459. The lowest BCUT2D eigenvalue weighted by Gasteiger charge is -2.07. The van der Waals surface area contributed by atoms with E-state index < -0.39 is 0 Å². The normalized spacial score (nSPS) is 10.7. The molecule has 0 radical (unpaired) electrons. The molecule has 2 aromatic heterocycles. The van der Waals surface area contributed by atoms with Crippen molar-refractivity contribution in [1.82, 2.24) is 14.6 Å². The summed E-state index contributed by atoms with van der Waals surface area (Å²) in [6.07, 6.45) is 0. The van der Waals surface area contributed by atoms with Crippen LogP contribution in [0.5, 0.6) is 0 Å². The zero-order valence-corrected chi connectivity index (χ0v) is 8.28. The molecule has 74 valence electrons. The third kappa shape index (κ3) is 1.26. The van der Waals surface area contributed by atoms with Crippen molar-refractivity contribution < 1.29 is 0 Å². The number of pyridine rings is 1. The standard InChI is InChI=1S/C9H13N5/c1-3-11-7-4-5-8-12-9(10)13-14(8)6(7)2/h4-5,11H,3H2,1-2H3,(H2,10,13). The molecule has 0 unspecified atom stereocenters. The van der Waals surface area contributed by atoms with Gasteiger partial charge in [-0.15, -0.1) is 5.10 Å². The maximum absolute atomic E-state index is 5.52. The third-order valence-electron chi connectivity index (χ3n) is 2.12. The minimum absolute atomic E-state index is 0.307. The molecule has 0 aromatic carbocycles. The zero-order chi connectivity index (χ0) is 10.1. The summed E-state index contributed by atoms with van der Waals surface area (Å²) in [5.41, 5.74) is 8.38. The zero-order valence-electron chi connectivity index (χ0n) is 8.28. The Balaban J connectivity index is 2.61. The Morgan fingerprint density at radius 3 is 3.00 bits per heavy atom. The van der Waals surface area contributed by atoms with Crippen LogP contribution in [-0.4, -0.2) is 21.1 Å². The SMILES string of the molecule is CCNc1ccc2nc(N)nn2c1C. The first-order chi connectivity index (χ1) is 6.72. The van der Waals surface area contributed by atoms with Gasteiger partial charge in [-0.3, -0.25) is 0 Å². The van der Waals surface area contributed by atoms with E-state index in [1.165, 1.54) is 0 Å². The molecule has 0 amide bonds. The number of nitrogens with zero attached hydrogens (tertiary/aromatic N) is 3. The van der Waals surface area contributed by atoms with Crippen LogP contribution in [0.25, 0.3) is 5.65 Å². The number of hydrogen-bond acceptors (Lipinski definition) is 4. The van der Waals surface area contributed by atoms with Gasteiger partial charge in [0.1, 0.15) is 0 Å². The average Bonchev–Trinajstić information content (AvgIpc) is 2.52. The maximum Gasteiger partial charge on any atom is 0.240 e. The molecule has 2 heterocycles. The van der Waals surface area contributed by atoms with Gasteiger partial charge in [0.05, 0.1) is 11.4 Å². The summed E-state index contributed by atoms with van der Waals surface area (Å²) < 4.78 is 1.74. The van der Waals surface area contributed by atoms with Crippen LogP contribution in [0.3, 0.4) is 0 Å². The molecule has 2 rings (SSSR count). The number of aryl methyl sites for hydroxylation is 1. The van der Waals surface area contributed by atoms with Crippen molar-refractivity contribution in [3.63, 3.8) is 0 Å². The average molecular weight is 191 g/mol. The fourth-order valence-electron chi connectivity index (χ4n) is 1.47. The lowest BCUT2D eigenvalue weighted by atomic mass is 10.3. The van der Waals surface area contributed by atoms with Gasteiger partial charge in [-0.1, -0.05) is 0 Å². The first-order valence-corrected chi connectivity index (χ1v) is 4.58. The Kier molecular flexibility index (Phi) is 1.99. The van der Waals surface area contributed by atoms with Gasteiger partial charge >= 0.3 is 0 Å². The van der Waals surface area contributed by atoms with Crippen molar-refractivity contribution in [2.75, 3.05) is 17.6 Å². The molecule has 5 nitrogen and oxygen atoms in total. The van der Waals surface area contributed by atoms with Crippen molar-refractivity contribution in [3.05, 3.63) is 17.8 Å². The van der Waals surface area contributed by atoms with E-state index in [9.17, 15) is 0 Å². The molecule has 0 atom stereocenters. The van der Waals surface area contributed by atoms with Crippen molar-refractivity contribution >= 4 is 17.3 Å². The number of nitrogens with two attached hydrogens (primary N) is 1. The predicted octanol–water partition coefficient (Wildman–Crippen LogP) is 1.05. The summed E-state index contributed by atoms with van der Waals surface area (Å²) in [6, 6.07) is 3.89. The Morgan fingerprint density at radius 2 is 2.29 bits per heavy atom. The van der Waals surface area contributed by atoms with Crippen LogP contribution in [-0.2, 0) is 0 Å². The monoisotopic (exact) mass is 191 g/mol. The summed E-state index contributed by atoms with van der Waals surface area (Å²) in [7, 11) is 0. The van der Waals surface area contributed by atoms with Gasteiger partial charge in [0.2, 0.25) is 5.95 Å². The molecule has 5 heteroatoms. The van der Waals surface area contributed by atoms with Crippen molar-refractivity contribution in [2.24, 2.45) is 0 Å². The number of nitrogens with one attached hydrogen (secondary N) is 1. The topological polar surface area (TPSA) is 68.2 Å². The molecule has 14 heavy (non-hydrogen) atoms. The molecule has 0 bridgehead atoms. The van der Waals surface area contributed by atoms with E-state index in [1.54, 1.807) is 4.52 Å². The highest BCUT2D eigenvalue weighted by Gasteiger charge is 2.05. The van der Waals surface area contributed by atoms with Gasteiger partial charge in [-0.05, 0) is 26.0 Å². The molecule has 0 aliphatic heterocycles. The second-order valence-electron chi connectivity index (χ2n) is 3.10. The van der Waals surface area contributed by atoms with Gasteiger partial charge in [0.25, 0.3) is 0 Å². The van der Waals surface area contributed by atoms with Gasteiger partial charge in [0, 0.05) is 6.54 Å². The highest BCUT2D eigenvalue weighted by atomic mass is 15.3. The number of nitrogen functional groups attached to an aromatic ring is 1. The molecular formula is C9H13N5. The molecular weight excluding hydrogens is 178 g/mol. The molecule has 2 aromatic rings. The fraction of sp³-hybridized carbons (Fsp3) is 0.333. The van der Waals surface area contributed by atoms with Gasteiger partial charge in [-0.25, -0.2) is 4.52 Å². The van der Waals surface area contributed by atoms with Crippen molar-refractivity contribution in [2.45, 2.75) is 13.8 Å². The maximum atomic E-state index is 5.52. The predicted molar refractivity (Wildman–Crippen MR) is 56.3 cm³/mol. The second-order valence-corrected chi connectivity index (χ2v) is 3.10. The number of hydrogen-bond donors (Lipinski definition) is 2. The number of aromatic nitrogens is 3. The molecule has 0 aliphatic carbocycles. The van der Waals surface area contributed by atoms with Gasteiger partial charge < -0.3 is 11.1 Å². The van der Waals surface area contributed by atoms with Crippen molar-refractivity contribution in [3.8, 4) is 0 Å². The minimum atomic E-state index is 0.307. The van der Waals surface area contributed by atoms with Crippen LogP contribution >= 0.6 is 0 Å². The first-order valence-electron chi connectivity index (χ1n) is 4.58. The first kappa shape index (κ1) is 8.80.